The van der Waals surface area contributed by atoms with Gasteiger partial charge in [-0.3, -0.25) is 4.79 Å². The van der Waals surface area contributed by atoms with E-state index in [9.17, 15) is 0 Å². The zero-order valence-electron chi connectivity index (χ0n) is 36.1. The standard InChI is InChI=1S/C18H15As.2C18H15P.CO.Rh.3H/c3*1-4-10-16(11-5-1)19(17-12-6-2-7-13-17)18-14-8-3-9-15-18;1-2;;;;/h3*1-15H;;;;;/q;;;;+3;3*-1. The molecule has 0 aromatic heterocycles. The SMILES string of the molecule is [C]=O.[H-].[H-].[H-].[Rh+3].c1ccc(P(c2ccccc2)c2ccccc2)cc1.c1ccc(P(c2ccccc2)c2ccccc2)cc1.c1ccc([As](c2ccccc2)c2ccccc2)cc1. The van der Waals surface area contributed by atoms with E-state index in [4.69, 9.17) is 4.79 Å². The second-order valence-corrected chi connectivity index (χ2v) is 22.1. The molecular weight excluding hydrogens is 916 g/mol. The van der Waals surface area contributed by atoms with Crippen molar-refractivity contribution in [2.45, 2.75) is 0 Å². The summed E-state index contributed by atoms with van der Waals surface area (Å²) in [6.45, 7) is 4.50. The average Bonchev–Trinajstić information content (AvgIpc) is 3.34. The monoisotopic (exact) mass is 964 g/mol. The van der Waals surface area contributed by atoms with Crippen molar-refractivity contribution < 1.29 is 28.6 Å². The van der Waals surface area contributed by atoms with E-state index in [2.05, 4.69) is 280 Å². The van der Waals surface area contributed by atoms with E-state index in [1.807, 2.05) is 0 Å². The predicted octanol–water partition coefficient (Wildman–Crippen LogP) is 9.03. The summed E-state index contributed by atoms with van der Waals surface area (Å²) in [5, 5.41) is 8.39. The quantitative estimate of drug-likeness (QED) is 0.104. The summed E-state index contributed by atoms with van der Waals surface area (Å²) in [5.74, 6) is 0. The molecule has 0 heterocycles. The van der Waals surface area contributed by atoms with Gasteiger partial charge in [0.1, 0.15) is 0 Å². The van der Waals surface area contributed by atoms with Crippen molar-refractivity contribution in [2.75, 3.05) is 0 Å². The Bertz CT molecular complexity index is 1910. The molecule has 0 aliphatic heterocycles. The Morgan fingerprint density at radius 2 is 0.383 bits per heavy atom. The fraction of sp³-hybridized carbons (Fsp3) is 0. The summed E-state index contributed by atoms with van der Waals surface area (Å²) in [6.07, 6.45) is 0. The van der Waals surface area contributed by atoms with Crippen LogP contribution in [0.4, 0.5) is 0 Å². The van der Waals surface area contributed by atoms with Gasteiger partial charge in [0.05, 0.1) is 0 Å². The first-order chi connectivity index (χ1) is 29.3. The van der Waals surface area contributed by atoms with Crippen LogP contribution in [0.2, 0.25) is 0 Å². The van der Waals surface area contributed by atoms with Crippen LogP contribution in [0.25, 0.3) is 0 Å². The van der Waals surface area contributed by atoms with Gasteiger partial charge in [0, 0.05) is 0 Å². The Morgan fingerprint density at radius 1 is 0.250 bits per heavy atom. The molecule has 0 saturated heterocycles. The van der Waals surface area contributed by atoms with Gasteiger partial charge >= 0.3 is 138 Å². The van der Waals surface area contributed by atoms with Gasteiger partial charge in [-0.2, -0.15) is 0 Å². The summed E-state index contributed by atoms with van der Waals surface area (Å²) in [7, 11) is -0.892. The predicted molar refractivity (Wildman–Crippen MR) is 263 cm³/mol. The number of rotatable bonds is 9. The molecule has 0 saturated carbocycles. The Kier molecular flexibility index (Phi) is 19.8. The first-order valence-electron chi connectivity index (χ1n) is 19.4. The second-order valence-electron chi connectivity index (χ2n) is 13.0. The van der Waals surface area contributed by atoms with Crippen LogP contribution < -0.4 is 44.9 Å². The van der Waals surface area contributed by atoms with Gasteiger partial charge in [-0.15, -0.1) is 0 Å². The molecule has 0 fully saturated rings. The fourth-order valence-corrected chi connectivity index (χ4v) is 16.0. The molecule has 298 valence electrons. The summed E-state index contributed by atoms with van der Waals surface area (Å²) in [5.41, 5.74) is 0. The summed E-state index contributed by atoms with van der Waals surface area (Å²) >= 11 is -1.39. The van der Waals surface area contributed by atoms with Gasteiger partial charge in [0.2, 0.25) is 0 Å². The molecule has 5 heteroatoms. The molecule has 0 spiro atoms. The maximum absolute atomic E-state index is 7.50. The van der Waals surface area contributed by atoms with Gasteiger partial charge in [-0.1, -0.05) is 182 Å². The Morgan fingerprint density at radius 3 is 0.533 bits per heavy atom. The van der Waals surface area contributed by atoms with Crippen molar-refractivity contribution in [3.8, 4) is 0 Å². The van der Waals surface area contributed by atoms with Gasteiger partial charge in [0.15, 0.2) is 0 Å². The molecule has 0 atom stereocenters. The third kappa shape index (κ3) is 13.4. The van der Waals surface area contributed by atoms with Crippen LogP contribution >= 0.6 is 15.8 Å². The van der Waals surface area contributed by atoms with Crippen molar-refractivity contribution in [3.05, 3.63) is 273 Å². The van der Waals surface area contributed by atoms with E-state index in [1.165, 1.54) is 44.9 Å². The van der Waals surface area contributed by atoms with Crippen molar-refractivity contribution >= 4 is 82.2 Å². The summed E-state index contributed by atoms with van der Waals surface area (Å²) in [4.78, 5) is 7.50. The first-order valence-corrected chi connectivity index (χ1v) is 24.9. The fourth-order valence-electron chi connectivity index (χ4n) is 6.54. The number of carbonyl (C=O) groups excluding carboxylic acids is 1. The number of hydrogen-bond donors (Lipinski definition) is 0. The van der Waals surface area contributed by atoms with Crippen molar-refractivity contribution in [1.82, 2.24) is 0 Å². The van der Waals surface area contributed by atoms with Crippen LogP contribution in [0.1, 0.15) is 4.28 Å². The second kappa shape index (κ2) is 26.0. The molecule has 9 aromatic rings. The molecule has 9 rings (SSSR count). The van der Waals surface area contributed by atoms with Crippen LogP contribution in [0.3, 0.4) is 0 Å². The third-order valence-electron chi connectivity index (χ3n) is 9.13. The van der Waals surface area contributed by atoms with E-state index >= 15 is 0 Å². The van der Waals surface area contributed by atoms with E-state index in [0.717, 1.165) is 0 Å². The Balaban J connectivity index is 0.000000309. The number of hydrogen-bond acceptors (Lipinski definition) is 1. The van der Waals surface area contributed by atoms with Gasteiger partial charge in [-0.25, -0.2) is 0 Å². The molecule has 2 radical (unpaired) electrons. The van der Waals surface area contributed by atoms with E-state index < -0.39 is 30.5 Å². The van der Waals surface area contributed by atoms with Crippen LogP contribution in [-0.4, -0.2) is 21.4 Å². The summed E-state index contributed by atoms with van der Waals surface area (Å²) in [6, 6.07) is 97.4. The molecule has 60 heavy (non-hydrogen) atoms. The zero-order valence-corrected chi connectivity index (χ0v) is 38.4. The van der Waals surface area contributed by atoms with E-state index in [1.54, 1.807) is 0 Å². The van der Waals surface area contributed by atoms with E-state index in [0.29, 0.717) is 0 Å². The van der Waals surface area contributed by atoms with Crippen LogP contribution in [0.5, 0.6) is 0 Å². The van der Waals surface area contributed by atoms with E-state index in [-0.39, 0.29) is 23.8 Å². The molecule has 0 amide bonds. The third-order valence-corrected chi connectivity index (χ3v) is 19.1. The molecule has 0 bridgehead atoms. The van der Waals surface area contributed by atoms with Crippen molar-refractivity contribution in [2.24, 2.45) is 0 Å². The Hall–Kier alpha value is -5.31. The molecular formula is C55H48AsOP2Rh. The molecule has 0 aliphatic carbocycles. The minimum absolute atomic E-state index is 0. The first kappa shape index (κ1) is 45.8. The maximum atomic E-state index is 7.50. The van der Waals surface area contributed by atoms with Crippen LogP contribution in [-0.2, 0) is 24.3 Å². The Labute approximate surface area is 381 Å². The summed E-state index contributed by atoms with van der Waals surface area (Å²) < 4.78 is 4.44. The van der Waals surface area contributed by atoms with Crippen molar-refractivity contribution in [3.63, 3.8) is 0 Å². The van der Waals surface area contributed by atoms with Gasteiger partial charge in [-0.05, 0) is 47.7 Å². The normalized spacial score (nSPS) is 10.1. The average molecular weight is 965 g/mol. The van der Waals surface area contributed by atoms with Crippen LogP contribution in [0.15, 0.2) is 273 Å². The van der Waals surface area contributed by atoms with Crippen molar-refractivity contribution in [1.29, 1.82) is 0 Å². The molecule has 0 unspecified atom stereocenters. The zero-order chi connectivity index (χ0) is 40.7. The molecule has 0 N–H and O–H groups in total. The van der Waals surface area contributed by atoms with Gasteiger partial charge in [0.25, 0.3) is 6.79 Å². The molecule has 1 nitrogen and oxygen atoms in total. The molecule has 0 aliphatic rings. The number of benzene rings is 9. The van der Waals surface area contributed by atoms with Gasteiger partial charge < -0.3 is 4.28 Å². The minimum atomic E-state index is -1.39. The molecule has 9 aromatic carbocycles. The topological polar surface area (TPSA) is 17.1 Å². The van der Waals surface area contributed by atoms with Crippen LogP contribution in [0, 0.1) is 0 Å².